The highest BCUT2D eigenvalue weighted by Gasteiger charge is 2.22. The summed E-state index contributed by atoms with van der Waals surface area (Å²) in [7, 11) is -0.840. The van der Waals surface area contributed by atoms with E-state index >= 15 is 0 Å². The highest BCUT2D eigenvalue weighted by molar-refractivity contribution is 7.91. The number of nitrogens with one attached hydrogen (secondary N) is 1. The Kier molecular flexibility index (Phi) is 3.83. The van der Waals surface area contributed by atoms with Gasteiger partial charge in [0.2, 0.25) is 0 Å². The molecule has 0 saturated carbocycles. The van der Waals surface area contributed by atoms with E-state index in [0.717, 1.165) is 31.5 Å². The third-order valence-corrected chi connectivity index (χ3v) is 4.85. The summed E-state index contributed by atoms with van der Waals surface area (Å²) in [6.07, 6.45) is 4.31. The second-order valence-electron chi connectivity index (χ2n) is 4.61. The number of aromatic nitrogens is 2. The van der Waals surface area contributed by atoms with Gasteiger partial charge >= 0.3 is 0 Å². The van der Waals surface area contributed by atoms with Gasteiger partial charge in [-0.1, -0.05) is 0 Å². The van der Waals surface area contributed by atoms with Crippen LogP contribution in [0.3, 0.4) is 0 Å². The molecule has 0 amide bonds. The van der Waals surface area contributed by atoms with Crippen LogP contribution in [-0.2, 0) is 23.3 Å². The molecule has 17 heavy (non-hydrogen) atoms. The van der Waals surface area contributed by atoms with Crippen molar-refractivity contribution in [2.24, 2.45) is 7.05 Å². The van der Waals surface area contributed by atoms with Gasteiger partial charge < -0.3 is 5.32 Å². The van der Waals surface area contributed by atoms with E-state index in [9.17, 15) is 8.42 Å². The number of hydrogen-bond donors (Lipinski definition) is 1. The maximum Gasteiger partial charge on any atom is 0.150 e. The Morgan fingerprint density at radius 2 is 2.18 bits per heavy atom. The SMILES string of the molecule is Cn1ccc(CCNC2CCS(=O)(=O)CC2)n1. The Labute approximate surface area is 102 Å². The second kappa shape index (κ2) is 5.18. The summed E-state index contributed by atoms with van der Waals surface area (Å²) >= 11 is 0. The number of nitrogens with zero attached hydrogens (tertiary/aromatic N) is 2. The summed E-state index contributed by atoms with van der Waals surface area (Å²) in [5, 5.41) is 7.70. The minimum absolute atomic E-state index is 0.328. The summed E-state index contributed by atoms with van der Waals surface area (Å²) in [4.78, 5) is 0. The molecule has 0 aliphatic carbocycles. The average Bonchev–Trinajstić information content (AvgIpc) is 2.67. The van der Waals surface area contributed by atoms with Crippen LogP contribution in [0.5, 0.6) is 0 Å². The lowest BCUT2D eigenvalue weighted by Gasteiger charge is -2.22. The van der Waals surface area contributed by atoms with Crippen LogP contribution in [0.1, 0.15) is 18.5 Å². The predicted octanol–water partition coefficient (Wildman–Crippen LogP) is 0.129. The summed E-state index contributed by atoms with van der Waals surface area (Å²) in [5.41, 5.74) is 1.07. The first-order valence-electron chi connectivity index (χ1n) is 5.97. The number of rotatable bonds is 4. The van der Waals surface area contributed by atoms with Crippen molar-refractivity contribution in [2.75, 3.05) is 18.1 Å². The summed E-state index contributed by atoms with van der Waals surface area (Å²) in [6, 6.07) is 2.36. The van der Waals surface area contributed by atoms with Gasteiger partial charge in [0.25, 0.3) is 0 Å². The van der Waals surface area contributed by atoms with Crippen LogP contribution in [0.2, 0.25) is 0 Å². The molecule has 1 aliphatic rings. The third kappa shape index (κ3) is 3.81. The molecule has 5 nitrogen and oxygen atoms in total. The molecule has 2 rings (SSSR count). The van der Waals surface area contributed by atoms with Crippen LogP contribution < -0.4 is 5.32 Å². The molecule has 0 unspecified atom stereocenters. The van der Waals surface area contributed by atoms with E-state index < -0.39 is 9.84 Å². The van der Waals surface area contributed by atoms with E-state index in [2.05, 4.69) is 10.4 Å². The van der Waals surface area contributed by atoms with Crippen molar-refractivity contribution >= 4 is 9.84 Å². The zero-order valence-electron chi connectivity index (χ0n) is 10.1. The van der Waals surface area contributed by atoms with Crippen molar-refractivity contribution in [1.82, 2.24) is 15.1 Å². The molecule has 0 radical (unpaired) electrons. The zero-order valence-corrected chi connectivity index (χ0v) is 10.9. The monoisotopic (exact) mass is 257 g/mol. The van der Waals surface area contributed by atoms with E-state index in [0.29, 0.717) is 17.5 Å². The van der Waals surface area contributed by atoms with Gasteiger partial charge in [0, 0.05) is 32.3 Å². The molecule has 1 aromatic rings. The first-order valence-corrected chi connectivity index (χ1v) is 7.80. The number of aryl methyl sites for hydroxylation is 1. The summed E-state index contributed by atoms with van der Waals surface area (Å²) in [5.74, 6) is 0.655. The van der Waals surface area contributed by atoms with E-state index in [4.69, 9.17) is 0 Å². The van der Waals surface area contributed by atoms with Gasteiger partial charge in [0.1, 0.15) is 9.84 Å². The molecule has 1 aromatic heterocycles. The van der Waals surface area contributed by atoms with Gasteiger partial charge in [0.15, 0.2) is 0 Å². The first kappa shape index (κ1) is 12.6. The van der Waals surface area contributed by atoms with E-state index in [1.807, 2.05) is 19.3 Å². The van der Waals surface area contributed by atoms with E-state index in [1.165, 1.54) is 0 Å². The van der Waals surface area contributed by atoms with Crippen LogP contribution in [0.15, 0.2) is 12.3 Å². The number of sulfone groups is 1. The Morgan fingerprint density at radius 1 is 1.47 bits per heavy atom. The molecule has 6 heteroatoms. The highest BCUT2D eigenvalue weighted by atomic mass is 32.2. The average molecular weight is 257 g/mol. The standard InChI is InChI=1S/C11H19N3O2S/c1-14-7-3-11(13-14)2-6-12-10-4-8-17(15,16)9-5-10/h3,7,10,12H,2,4-6,8-9H2,1H3. The van der Waals surface area contributed by atoms with E-state index in [-0.39, 0.29) is 0 Å². The lowest BCUT2D eigenvalue weighted by molar-refractivity contribution is 0.465. The minimum Gasteiger partial charge on any atom is -0.314 e. The van der Waals surface area contributed by atoms with Gasteiger partial charge in [-0.15, -0.1) is 0 Å². The molecular weight excluding hydrogens is 238 g/mol. The van der Waals surface area contributed by atoms with Crippen LogP contribution >= 0.6 is 0 Å². The summed E-state index contributed by atoms with van der Waals surface area (Å²) in [6.45, 7) is 0.863. The van der Waals surface area contributed by atoms with Crippen molar-refractivity contribution in [3.8, 4) is 0 Å². The second-order valence-corrected chi connectivity index (χ2v) is 6.91. The van der Waals surface area contributed by atoms with Gasteiger partial charge in [-0.05, 0) is 18.9 Å². The molecule has 1 N–H and O–H groups in total. The van der Waals surface area contributed by atoms with Gasteiger partial charge in [0.05, 0.1) is 17.2 Å². The normalized spacial score (nSPS) is 20.5. The molecule has 0 atom stereocenters. The van der Waals surface area contributed by atoms with Crippen LogP contribution in [-0.4, -0.2) is 42.3 Å². The molecule has 96 valence electrons. The van der Waals surface area contributed by atoms with E-state index in [1.54, 1.807) is 4.68 Å². The number of hydrogen-bond acceptors (Lipinski definition) is 4. The molecule has 1 saturated heterocycles. The lowest BCUT2D eigenvalue weighted by Crippen LogP contribution is -2.38. The molecule has 1 fully saturated rings. The predicted molar refractivity (Wildman–Crippen MR) is 66.6 cm³/mol. The fourth-order valence-electron chi connectivity index (χ4n) is 2.10. The van der Waals surface area contributed by atoms with Crippen molar-refractivity contribution < 1.29 is 8.42 Å². The van der Waals surface area contributed by atoms with Crippen LogP contribution in [0.25, 0.3) is 0 Å². The highest BCUT2D eigenvalue weighted by Crippen LogP contribution is 2.11. The smallest absolute Gasteiger partial charge is 0.150 e. The van der Waals surface area contributed by atoms with Crippen LogP contribution in [0.4, 0.5) is 0 Å². The zero-order chi connectivity index (χ0) is 12.3. The van der Waals surface area contributed by atoms with Crippen molar-refractivity contribution in [3.63, 3.8) is 0 Å². The lowest BCUT2D eigenvalue weighted by atomic mass is 10.1. The topological polar surface area (TPSA) is 64.0 Å². The first-order chi connectivity index (χ1) is 8.05. The minimum atomic E-state index is -2.75. The Bertz CT molecular complexity index is 453. The largest absolute Gasteiger partial charge is 0.314 e. The summed E-state index contributed by atoms with van der Waals surface area (Å²) < 4.78 is 24.3. The van der Waals surface area contributed by atoms with Gasteiger partial charge in [-0.3, -0.25) is 4.68 Å². The van der Waals surface area contributed by atoms with Crippen molar-refractivity contribution in [2.45, 2.75) is 25.3 Å². The Hall–Kier alpha value is -0.880. The fraction of sp³-hybridized carbons (Fsp3) is 0.727. The maximum absolute atomic E-state index is 11.3. The van der Waals surface area contributed by atoms with Crippen molar-refractivity contribution in [1.29, 1.82) is 0 Å². The molecule has 0 bridgehead atoms. The molecule has 0 spiro atoms. The quantitative estimate of drug-likeness (QED) is 0.833. The fourth-order valence-corrected chi connectivity index (χ4v) is 3.59. The molecular formula is C11H19N3O2S. The molecule has 0 aromatic carbocycles. The Morgan fingerprint density at radius 3 is 2.76 bits per heavy atom. The van der Waals surface area contributed by atoms with Gasteiger partial charge in [-0.25, -0.2) is 8.42 Å². The molecule has 2 heterocycles. The maximum atomic E-state index is 11.3. The van der Waals surface area contributed by atoms with Crippen molar-refractivity contribution in [3.05, 3.63) is 18.0 Å². The van der Waals surface area contributed by atoms with Crippen LogP contribution in [0, 0.1) is 0 Å². The molecule has 1 aliphatic heterocycles. The van der Waals surface area contributed by atoms with Gasteiger partial charge in [-0.2, -0.15) is 5.10 Å². The third-order valence-electron chi connectivity index (χ3n) is 3.14. The Balaban J connectivity index is 1.70.